The fraction of sp³-hybridized carbons (Fsp3) is 0.235. The zero-order valence-electron chi connectivity index (χ0n) is 12.4. The molecule has 0 spiro atoms. The summed E-state index contributed by atoms with van der Waals surface area (Å²) in [6.45, 7) is 1.65. The van der Waals surface area contributed by atoms with E-state index in [0.29, 0.717) is 5.75 Å². The Bertz CT molecular complexity index is 656. The predicted molar refractivity (Wildman–Crippen MR) is 79.6 cm³/mol. The van der Waals surface area contributed by atoms with Crippen LogP contribution in [0.15, 0.2) is 42.5 Å². The lowest BCUT2D eigenvalue weighted by molar-refractivity contribution is -0.121. The molecule has 1 N–H and O–H groups in total. The lowest BCUT2D eigenvalue weighted by Gasteiger charge is -2.15. The van der Waals surface area contributed by atoms with E-state index in [4.69, 9.17) is 4.74 Å². The van der Waals surface area contributed by atoms with Crippen LogP contribution in [-0.2, 0) is 11.2 Å². The second-order valence-corrected chi connectivity index (χ2v) is 4.98. The number of ether oxygens (including phenoxy) is 1. The Morgan fingerprint density at radius 3 is 2.45 bits per heavy atom. The van der Waals surface area contributed by atoms with Crippen molar-refractivity contribution in [2.75, 3.05) is 7.11 Å². The number of carbonyl (C=O) groups is 1. The van der Waals surface area contributed by atoms with Gasteiger partial charge in [0, 0.05) is 11.6 Å². The third-order valence-electron chi connectivity index (χ3n) is 3.33. The first-order chi connectivity index (χ1) is 10.5. The smallest absolute Gasteiger partial charge is 0.224 e. The SMILES string of the molecule is COc1ccc(CC(=O)N[C@@H](C)c2ccc(F)cc2F)cc1. The van der Waals surface area contributed by atoms with Crippen LogP contribution in [0.2, 0.25) is 0 Å². The van der Waals surface area contributed by atoms with Crippen molar-refractivity contribution in [3.05, 3.63) is 65.2 Å². The van der Waals surface area contributed by atoms with Gasteiger partial charge < -0.3 is 10.1 Å². The number of nitrogens with one attached hydrogen (secondary N) is 1. The lowest BCUT2D eigenvalue weighted by Crippen LogP contribution is -2.28. The van der Waals surface area contributed by atoms with Crippen LogP contribution in [0.5, 0.6) is 5.75 Å². The zero-order chi connectivity index (χ0) is 16.1. The number of methoxy groups -OCH3 is 1. The van der Waals surface area contributed by atoms with Crippen molar-refractivity contribution in [1.82, 2.24) is 5.32 Å². The van der Waals surface area contributed by atoms with Gasteiger partial charge in [-0.1, -0.05) is 18.2 Å². The first-order valence-corrected chi connectivity index (χ1v) is 6.87. The molecule has 116 valence electrons. The Morgan fingerprint density at radius 1 is 1.18 bits per heavy atom. The third kappa shape index (κ3) is 4.04. The largest absolute Gasteiger partial charge is 0.497 e. The molecule has 5 heteroatoms. The molecule has 0 fully saturated rings. The molecule has 22 heavy (non-hydrogen) atoms. The maximum absolute atomic E-state index is 13.7. The van der Waals surface area contributed by atoms with Crippen molar-refractivity contribution in [2.24, 2.45) is 0 Å². The Hall–Kier alpha value is -2.43. The van der Waals surface area contributed by atoms with Gasteiger partial charge >= 0.3 is 0 Å². The Morgan fingerprint density at radius 2 is 1.86 bits per heavy atom. The highest BCUT2D eigenvalue weighted by Gasteiger charge is 2.14. The summed E-state index contributed by atoms with van der Waals surface area (Å²) in [6, 6.07) is 9.90. The second kappa shape index (κ2) is 7.02. The van der Waals surface area contributed by atoms with Crippen LogP contribution in [0, 0.1) is 11.6 Å². The Labute approximate surface area is 127 Å². The molecular formula is C17H17F2NO2. The van der Waals surface area contributed by atoms with Gasteiger partial charge in [0.15, 0.2) is 0 Å². The van der Waals surface area contributed by atoms with Crippen molar-refractivity contribution in [3.8, 4) is 5.75 Å². The van der Waals surface area contributed by atoms with Crippen molar-refractivity contribution in [1.29, 1.82) is 0 Å². The van der Waals surface area contributed by atoms with Gasteiger partial charge in [-0.15, -0.1) is 0 Å². The molecule has 3 nitrogen and oxygen atoms in total. The number of hydrogen-bond donors (Lipinski definition) is 1. The van der Waals surface area contributed by atoms with Gasteiger partial charge in [-0.05, 0) is 30.7 Å². The molecule has 0 aromatic heterocycles. The number of carbonyl (C=O) groups excluding carboxylic acids is 1. The molecule has 0 saturated carbocycles. The number of amides is 1. The summed E-state index contributed by atoms with van der Waals surface area (Å²) in [5, 5.41) is 2.70. The van der Waals surface area contributed by atoms with Gasteiger partial charge in [0.1, 0.15) is 17.4 Å². The fourth-order valence-corrected chi connectivity index (χ4v) is 2.15. The highest BCUT2D eigenvalue weighted by atomic mass is 19.1. The number of benzene rings is 2. The van der Waals surface area contributed by atoms with Crippen LogP contribution >= 0.6 is 0 Å². The topological polar surface area (TPSA) is 38.3 Å². The zero-order valence-corrected chi connectivity index (χ0v) is 12.4. The summed E-state index contributed by atoms with van der Waals surface area (Å²) in [7, 11) is 1.57. The summed E-state index contributed by atoms with van der Waals surface area (Å²) in [5.41, 5.74) is 1.08. The Kier molecular flexibility index (Phi) is 5.09. The second-order valence-electron chi connectivity index (χ2n) is 4.98. The molecule has 0 saturated heterocycles. The van der Waals surface area contributed by atoms with E-state index in [1.807, 2.05) is 0 Å². The van der Waals surface area contributed by atoms with Crippen molar-refractivity contribution in [3.63, 3.8) is 0 Å². The summed E-state index contributed by atoms with van der Waals surface area (Å²) >= 11 is 0. The van der Waals surface area contributed by atoms with Crippen LogP contribution in [-0.4, -0.2) is 13.0 Å². The average molecular weight is 305 g/mol. The molecule has 0 aliphatic rings. The lowest BCUT2D eigenvalue weighted by atomic mass is 10.1. The van der Waals surface area contributed by atoms with Crippen molar-refractivity contribution < 1.29 is 18.3 Å². The summed E-state index contributed by atoms with van der Waals surface area (Å²) < 4.78 is 31.6. The minimum atomic E-state index is -0.669. The summed E-state index contributed by atoms with van der Waals surface area (Å²) in [4.78, 5) is 12.0. The maximum Gasteiger partial charge on any atom is 0.224 e. The molecule has 0 heterocycles. The predicted octanol–water partition coefficient (Wildman–Crippen LogP) is 3.39. The van der Waals surface area contributed by atoms with Gasteiger partial charge in [-0.3, -0.25) is 4.79 Å². The van der Waals surface area contributed by atoms with Gasteiger partial charge in [-0.2, -0.15) is 0 Å². The van der Waals surface area contributed by atoms with Gasteiger partial charge in [-0.25, -0.2) is 8.78 Å². The highest BCUT2D eigenvalue weighted by molar-refractivity contribution is 5.79. The molecule has 2 aromatic rings. The van der Waals surface area contributed by atoms with Crippen molar-refractivity contribution in [2.45, 2.75) is 19.4 Å². The minimum Gasteiger partial charge on any atom is -0.497 e. The average Bonchev–Trinajstić information content (AvgIpc) is 2.47. The monoisotopic (exact) mass is 305 g/mol. The first kappa shape index (κ1) is 15.9. The Balaban J connectivity index is 1.98. The third-order valence-corrected chi connectivity index (χ3v) is 3.33. The van der Waals surface area contributed by atoms with E-state index in [9.17, 15) is 13.6 Å². The number of halogens is 2. The van der Waals surface area contributed by atoms with Gasteiger partial charge in [0.2, 0.25) is 5.91 Å². The minimum absolute atomic E-state index is 0.178. The van der Waals surface area contributed by atoms with Crippen LogP contribution in [0.25, 0.3) is 0 Å². The van der Waals surface area contributed by atoms with Crippen LogP contribution < -0.4 is 10.1 Å². The molecular weight excluding hydrogens is 288 g/mol. The quantitative estimate of drug-likeness (QED) is 0.919. The molecule has 2 aromatic carbocycles. The maximum atomic E-state index is 13.7. The van der Waals surface area contributed by atoms with E-state index in [2.05, 4.69) is 5.32 Å². The van der Waals surface area contributed by atoms with Gasteiger partial charge in [0.05, 0.1) is 19.6 Å². The molecule has 0 bridgehead atoms. The van der Waals surface area contributed by atoms with E-state index >= 15 is 0 Å². The van der Waals surface area contributed by atoms with Crippen LogP contribution in [0.4, 0.5) is 8.78 Å². The number of hydrogen-bond acceptors (Lipinski definition) is 2. The first-order valence-electron chi connectivity index (χ1n) is 6.87. The van der Waals surface area contributed by atoms with E-state index in [0.717, 1.165) is 11.6 Å². The molecule has 1 atom stereocenters. The van der Waals surface area contributed by atoms with Crippen LogP contribution in [0.1, 0.15) is 24.1 Å². The molecule has 1 amide bonds. The number of rotatable bonds is 5. The summed E-state index contributed by atoms with van der Waals surface area (Å²) in [5.74, 6) is -0.831. The van der Waals surface area contributed by atoms with E-state index in [-0.39, 0.29) is 17.9 Å². The normalized spacial score (nSPS) is 11.8. The molecule has 0 radical (unpaired) electrons. The molecule has 0 aliphatic carbocycles. The molecule has 2 rings (SSSR count). The van der Waals surface area contributed by atoms with E-state index in [1.54, 1.807) is 38.3 Å². The van der Waals surface area contributed by atoms with E-state index in [1.165, 1.54) is 12.1 Å². The van der Waals surface area contributed by atoms with Crippen LogP contribution in [0.3, 0.4) is 0 Å². The fourth-order valence-electron chi connectivity index (χ4n) is 2.15. The van der Waals surface area contributed by atoms with Crippen molar-refractivity contribution >= 4 is 5.91 Å². The summed E-state index contributed by atoms with van der Waals surface area (Å²) in [6.07, 6.45) is 0.178. The highest BCUT2D eigenvalue weighted by Crippen LogP contribution is 2.18. The standard InChI is InChI=1S/C17H17F2NO2/c1-11(15-8-5-13(18)10-16(15)19)20-17(21)9-12-3-6-14(22-2)7-4-12/h3-8,10-11H,9H2,1-2H3,(H,20,21)/t11-/m0/s1. The van der Waals surface area contributed by atoms with Gasteiger partial charge in [0.25, 0.3) is 0 Å². The molecule has 0 unspecified atom stereocenters. The van der Waals surface area contributed by atoms with E-state index < -0.39 is 17.7 Å². The molecule has 0 aliphatic heterocycles.